The Morgan fingerprint density at radius 3 is 2.45 bits per heavy atom. The van der Waals surface area contributed by atoms with Gasteiger partial charge in [-0.3, -0.25) is 0 Å². The lowest BCUT2D eigenvalue weighted by Gasteiger charge is -2.30. The molecule has 0 fully saturated rings. The van der Waals surface area contributed by atoms with Crippen molar-refractivity contribution in [3.05, 3.63) is 58.6 Å². The number of halogens is 1. The van der Waals surface area contributed by atoms with Crippen LogP contribution in [-0.4, -0.2) is 18.0 Å². The fraction of sp³-hybridized carbons (Fsp3) is 0.250. The molecule has 0 spiro atoms. The number of aliphatic hydroxyl groups is 1. The van der Waals surface area contributed by atoms with Crippen LogP contribution in [0.3, 0.4) is 0 Å². The van der Waals surface area contributed by atoms with E-state index in [2.05, 4.69) is 51.8 Å². The summed E-state index contributed by atoms with van der Waals surface area (Å²) < 4.78 is 1.01. The molecule has 0 saturated heterocycles. The summed E-state index contributed by atoms with van der Waals surface area (Å²) in [6, 6.07) is 16.2. The van der Waals surface area contributed by atoms with Gasteiger partial charge in [0, 0.05) is 15.1 Å². The van der Waals surface area contributed by atoms with E-state index in [0.717, 1.165) is 15.7 Å². The molecule has 0 heterocycles. The highest BCUT2D eigenvalue weighted by Crippen LogP contribution is 2.28. The molecule has 0 bridgehead atoms. The Kier molecular flexibility index (Phi) is 5.13. The molecular formula is C16H18BrNOS. The topological polar surface area (TPSA) is 32.3 Å². The molecule has 0 saturated carbocycles. The number of benzene rings is 2. The van der Waals surface area contributed by atoms with Crippen molar-refractivity contribution in [2.24, 2.45) is 0 Å². The van der Waals surface area contributed by atoms with Crippen LogP contribution >= 0.6 is 27.7 Å². The summed E-state index contributed by atoms with van der Waals surface area (Å²) in [4.78, 5) is 1.22. The van der Waals surface area contributed by atoms with E-state index in [9.17, 15) is 5.11 Å². The van der Waals surface area contributed by atoms with Crippen LogP contribution in [0.25, 0.3) is 0 Å². The molecule has 2 aromatic rings. The predicted molar refractivity (Wildman–Crippen MR) is 90.4 cm³/mol. The van der Waals surface area contributed by atoms with Crippen LogP contribution in [0.5, 0.6) is 0 Å². The van der Waals surface area contributed by atoms with E-state index in [-0.39, 0.29) is 6.61 Å². The molecule has 0 aliphatic heterocycles. The van der Waals surface area contributed by atoms with Crippen molar-refractivity contribution in [1.82, 2.24) is 0 Å². The molecule has 20 heavy (non-hydrogen) atoms. The van der Waals surface area contributed by atoms with E-state index in [1.807, 2.05) is 31.2 Å². The van der Waals surface area contributed by atoms with Crippen molar-refractivity contribution in [2.45, 2.75) is 17.4 Å². The van der Waals surface area contributed by atoms with Crippen molar-refractivity contribution in [3.8, 4) is 0 Å². The van der Waals surface area contributed by atoms with Gasteiger partial charge in [0.2, 0.25) is 0 Å². The van der Waals surface area contributed by atoms with E-state index in [0.29, 0.717) is 0 Å². The van der Waals surface area contributed by atoms with Gasteiger partial charge in [-0.2, -0.15) is 0 Å². The van der Waals surface area contributed by atoms with Crippen molar-refractivity contribution < 1.29 is 5.11 Å². The first-order valence-corrected chi connectivity index (χ1v) is 8.38. The maximum atomic E-state index is 9.82. The highest BCUT2D eigenvalue weighted by Gasteiger charge is 2.25. The minimum Gasteiger partial charge on any atom is -0.394 e. The largest absolute Gasteiger partial charge is 0.394 e. The lowest BCUT2D eigenvalue weighted by molar-refractivity contribution is 0.224. The third-order valence-corrected chi connectivity index (χ3v) is 4.53. The zero-order chi connectivity index (χ0) is 14.6. The zero-order valence-electron chi connectivity index (χ0n) is 11.6. The van der Waals surface area contributed by atoms with Crippen LogP contribution in [0.4, 0.5) is 5.69 Å². The molecule has 1 unspecified atom stereocenters. The van der Waals surface area contributed by atoms with Gasteiger partial charge in [0.15, 0.2) is 0 Å². The van der Waals surface area contributed by atoms with Crippen LogP contribution < -0.4 is 5.32 Å². The minimum atomic E-state index is -0.502. The second-order valence-electron chi connectivity index (χ2n) is 4.85. The molecular weight excluding hydrogens is 334 g/mol. The standard InChI is InChI=1S/C16H18BrNOS/c1-16(11-19,12-6-8-15(20-2)9-7-12)18-14-5-3-4-13(17)10-14/h3-10,18-19H,11H2,1-2H3. The summed E-state index contributed by atoms with van der Waals surface area (Å²) >= 11 is 5.17. The maximum absolute atomic E-state index is 9.82. The Balaban J connectivity index is 2.27. The zero-order valence-corrected chi connectivity index (χ0v) is 14.0. The van der Waals surface area contributed by atoms with Crippen molar-refractivity contribution >= 4 is 33.4 Å². The Morgan fingerprint density at radius 1 is 1.20 bits per heavy atom. The SMILES string of the molecule is CSc1ccc(C(C)(CO)Nc2cccc(Br)c2)cc1. The van der Waals surface area contributed by atoms with Gasteiger partial charge in [-0.05, 0) is 49.1 Å². The second-order valence-corrected chi connectivity index (χ2v) is 6.65. The molecule has 0 amide bonds. The van der Waals surface area contributed by atoms with Gasteiger partial charge in [-0.15, -0.1) is 11.8 Å². The maximum Gasteiger partial charge on any atom is 0.0828 e. The monoisotopic (exact) mass is 351 g/mol. The van der Waals surface area contributed by atoms with Crippen LogP contribution in [0.1, 0.15) is 12.5 Å². The minimum absolute atomic E-state index is 0.0259. The molecule has 4 heteroatoms. The molecule has 0 aliphatic rings. The molecule has 2 nitrogen and oxygen atoms in total. The predicted octanol–water partition coefficient (Wildman–Crippen LogP) is 4.49. The van der Waals surface area contributed by atoms with Gasteiger partial charge >= 0.3 is 0 Å². The molecule has 0 radical (unpaired) electrons. The molecule has 0 aliphatic carbocycles. The number of rotatable bonds is 5. The summed E-state index contributed by atoms with van der Waals surface area (Å²) in [7, 11) is 0. The Morgan fingerprint density at radius 2 is 1.90 bits per heavy atom. The van der Waals surface area contributed by atoms with Crippen molar-refractivity contribution in [2.75, 3.05) is 18.2 Å². The second kappa shape index (κ2) is 6.66. The molecule has 2 rings (SSSR count). The van der Waals surface area contributed by atoms with Gasteiger partial charge in [-0.25, -0.2) is 0 Å². The van der Waals surface area contributed by atoms with Gasteiger partial charge in [0.25, 0.3) is 0 Å². The molecule has 0 aromatic heterocycles. The third-order valence-electron chi connectivity index (χ3n) is 3.29. The fourth-order valence-corrected chi connectivity index (χ4v) is 2.85. The number of hydrogen-bond acceptors (Lipinski definition) is 3. The van der Waals surface area contributed by atoms with Crippen LogP contribution in [0, 0.1) is 0 Å². The van der Waals surface area contributed by atoms with E-state index in [1.165, 1.54) is 4.90 Å². The van der Waals surface area contributed by atoms with Crippen molar-refractivity contribution in [3.63, 3.8) is 0 Å². The smallest absolute Gasteiger partial charge is 0.0828 e. The quantitative estimate of drug-likeness (QED) is 0.778. The Labute approximate surface area is 132 Å². The fourth-order valence-electron chi connectivity index (χ4n) is 2.05. The molecule has 1 atom stereocenters. The lowest BCUT2D eigenvalue weighted by Crippen LogP contribution is -2.35. The van der Waals surface area contributed by atoms with Gasteiger partial charge in [0.1, 0.15) is 0 Å². The average Bonchev–Trinajstić information content (AvgIpc) is 2.47. The Bertz CT molecular complexity index is 573. The highest BCUT2D eigenvalue weighted by molar-refractivity contribution is 9.10. The van der Waals surface area contributed by atoms with E-state index >= 15 is 0 Å². The van der Waals surface area contributed by atoms with Crippen LogP contribution in [-0.2, 0) is 5.54 Å². The summed E-state index contributed by atoms with van der Waals surface area (Å²) in [5.74, 6) is 0. The first kappa shape index (κ1) is 15.4. The summed E-state index contributed by atoms with van der Waals surface area (Å²) in [5.41, 5.74) is 1.54. The number of anilines is 1. The van der Waals surface area contributed by atoms with Gasteiger partial charge in [-0.1, -0.05) is 34.1 Å². The number of aliphatic hydroxyl groups excluding tert-OH is 1. The number of nitrogens with one attached hydrogen (secondary N) is 1. The lowest BCUT2D eigenvalue weighted by atomic mass is 9.92. The normalized spacial score (nSPS) is 13.8. The molecule has 2 aromatic carbocycles. The number of thioether (sulfide) groups is 1. The van der Waals surface area contributed by atoms with Crippen LogP contribution in [0.15, 0.2) is 57.9 Å². The molecule has 106 valence electrons. The Hall–Kier alpha value is -0.970. The van der Waals surface area contributed by atoms with Crippen molar-refractivity contribution in [1.29, 1.82) is 0 Å². The van der Waals surface area contributed by atoms with Crippen LogP contribution in [0.2, 0.25) is 0 Å². The first-order chi connectivity index (χ1) is 9.57. The molecule has 2 N–H and O–H groups in total. The van der Waals surface area contributed by atoms with E-state index in [1.54, 1.807) is 11.8 Å². The van der Waals surface area contributed by atoms with Gasteiger partial charge < -0.3 is 10.4 Å². The van der Waals surface area contributed by atoms with E-state index in [4.69, 9.17) is 0 Å². The summed E-state index contributed by atoms with van der Waals surface area (Å²) in [6.45, 7) is 2.03. The summed E-state index contributed by atoms with van der Waals surface area (Å²) in [6.07, 6.45) is 2.06. The summed E-state index contributed by atoms with van der Waals surface area (Å²) in [5, 5.41) is 13.2. The first-order valence-electron chi connectivity index (χ1n) is 6.36. The third kappa shape index (κ3) is 3.57. The highest BCUT2D eigenvalue weighted by atomic mass is 79.9. The van der Waals surface area contributed by atoms with Gasteiger partial charge in [0.05, 0.1) is 12.1 Å². The van der Waals surface area contributed by atoms with E-state index < -0.39 is 5.54 Å². The average molecular weight is 352 g/mol. The number of hydrogen-bond donors (Lipinski definition) is 2.